The fraction of sp³-hybridized carbons (Fsp3) is 0.333. The van der Waals surface area contributed by atoms with Crippen LogP contribution in [0.1, 0.15) is 41.9 Å². The van der Waals surface area contributed by atoms with E-state index in [0.717, 1.165) is 72.9 Å². The number of benzene rings is 1. The van der Waals surface area contributed by atoms with Crippen molar-refractivity contribution in [2.45, 2.75) is 38.8 Å². The van der Waals surface area contributed by atoms with Gasteiger partial charge in [0.05, 0.1) is 11.4 Å². The molecule has 30 heavy (non-hydrogen) atoms. The summed E-state index contributed by atoms with van der Waals surface area (Å²) < 4.78 is 13.2. The van der Waals surface area contributed by atoms with Gasteiger partial charge in [0.2, 0.25) is 0 Å². The molecule has 4 heterocycles. The lowest BCUT2D eigenvalue weighted by Crippen LogP contribution is -2.31. The van der Waals surface area contributed by atoms with Crippen LogP contribution < -0.4 is 0 Å². The average molecular weight is 401 g/mol. The molecule has 3 aromatic rings. The Hall–Kier alpha value is -2.99. The second kappa shape index (κ2) is 8.40. The van der Waals surface area contributed by atoms with Crippen molar-refractivity contribution in [2.24, 2.45) is 4.99 Å². The molecule has 6 heteroatoms. The summed E-state index contributed by atoms with van der Waals surface area (Å²) in [4.78, 5) is 20.8. The van der Waals surface area contributed by atoms with E-state index >= 15 is 0 Å². The van der Waals surface area contributed by atoms with Gasteiger partial charge in [-0.3, -0.25) is 14.9 Å². The van der Waals surface area contributed by atoms with E-state index in [-0.39, 0.29) is 5.82 Å². The van der Waals surface area contributed by atoms with E-state index in [2.05, 4.69) is 25.9 Å². The van der Waals surface area contributed by atoms with E-state index in [1.807, 2.05) is 18.6 Å². The summed E-state index contributed by atoms with van der Waals surface area (Å²) in [7, 11) is 0. The first-order chi connectivity index (χ1) is 14.7. The van der Waals surface area contributed by atoms with Gasteiger partial charge in [-0.05, 0) is 48.6 Å². The maximum absolute atomic E-state index is 13.2. The van der Waals surface area contributed by atoms with E-state index < -0.39 is 0 Å². The van der Waals surface area contributed by atoms with E-state index in [4.69, 9.17) is 4.98 Å². The Morgan fingerprint density at radius 2 is 1.87 bits per heavy atom. The van der Waals surface area contributed by atoms with Crippen LogP contribution in [0.2, 0.25) is 0 Å². The van der Waals surface area contributed by atoms with Gasteiger partial charge >= 0.3 is 0 Å². The molecule has 2 aliphatic rings. The number of halogens is 1. The van der Waals surface area contributed by atoms with Crippen LogP contribution in [0.4, 0.5) is 4.39 Å². The third-order valence-corrected chi connectivity index (χ3v) is 5.77. The fourth-order valence-corrected chi connectivity index (χ4v) is 4.16. The molecule has 0 fully saturated rings. The first-order valence-corrected chi connectivity index (χ1v) is 10.6. The molecule has 1 aromatic carbocycles. The number of hydrogen-bond acceptors (Lipinski definition) is 5. The predicted molar refractivity (Wildman–Crippen MR) is 115 cm³/mol. The number of rotatable bonds is 4. The zero-order chi connectivity index (χ0) is 20.3. The van der Waals surface area contributed by atoms with E-state index in [0.29, 0.717) is 0 Å². The van der Waals surface area contributed by atoms with Crippen molar-refractivity contribution in [3.63, 3.8) is 0 Å². The molecular weight excluding hydrogens is 377 g/mol. The molecule has 2 aliphatic heterocycles. The van der Waals surface area contributed by atoms with Gasteiger partial charge < -0.3 is 0 Å². The molecule has 0 aliphatic carbocycles. The van der Waals surface area contributed by atoms with Crippen LogP contribution in [-0.2, 0) is 19.5 Å². The smallest absolute Gasteiger partial charge is 0.173 e. The molecule has 5 rings (SSSR count). The van der Waals surface area contributed by atoms with Gasteiger partial charge in [0.15, 0.2) is 5.82 Å². The highest BCUT2D eigenvalue weighted by atomic mass is 19.1. The molecule has 0 amide bonds. The largest absolute Gasteiger partial charge is 0.294 e. The third-order valence-electron chi connectivity index (χ3n) is 5.77. The van der Waals surface area contributed by atoms with Crippen LogP contribution in [0.5, 0.6) is 0 Å². The molecule has 152 valence electrons. The second-order valence-electron chi connectivity index (χ2n) is 8.00. The molecule has 0 spiro atoms. The molecule has 0 atom stereocenters. The molecule has 0 unspecified atom stereocenters. The van der Waals surface area contributed by atoms with Gasteiger partial charge in [0, 0.05) is 62.3 Å². The van der Waals surface area contributed by atoms with Crippen LogP contribution >= 0.6 is 0 Å². The number of hydrogen-bond donors (Lipinski definition) is 0. The van der Waals surface area contributed by atoms with Crippen molar-refractivity contribution >= 4 is 5.71 Å². The first kappa shape index (κ1) is 19.0. The topological polar surface area (TPSA) is 54.3 Å². The maximum Gasteiger partial charge on any atom is 0.173 e. The summed E-state index contributed by atoms with van der Waals surface area (Å²) >= 11 is 0. The minimum Gasteiger partial charge on any atom is -0.294 e. The van der Waals surface area contributed by atoms with Gasteiger partial charge in [-0.1, -0.05) is 12.1 Å². The molecule has 5 nitrogen and oxygen atoms in total. The Kier molecular flexibility index (Phi) is 5.32. The van der Waals surface area contributed by atoms with E-state index in [9.17, 15) is 4.39 Å². The summed E-state index contributed by atoms with van der Waals surface area (Å²) in [6, 6.07) is 8.68. The van der Waals surface area contributed by atoms with Gasteiger partial charge in [-0.15, -0.1) is 0 Å². The monoisotopic (exact) mass is 401 g/mol. The minimum absolute atomic E-state index is 0.226. The summed E-state index contributed by atoms with van der Waals surface area (Å²) in [6.07, 6.45) is 9.97. The molecular formula is C24H24FN5. The van der Waals surface area contributed by atoms with Crippen LogP contribution in [-0.4, -0.2) is 38.7 Å². The Labute approximate surface area is 175 Å². The first-order valence-electron chi connectivity index (χ1n) is 10.6. The molecule has 2 aromatic heterocycles. The highest BCUT2D eigenvalue weighted by Crippen LogP contribution is 2.23. The Bertz CT molecular complexity index is 1080. The molecule has 0 saturated carbocycles. The second-order valence-corrected chi connectivity index (χ2v) is 8.00. The van der Waals surface area contributed by atoms with Gasteiger partial charge in [0.25, 0.3) is 0 Å². The highest BCUT2D eigenvalue weighted by Gasteiger charge is 2.20. The number of fused-ring (bicyclic) bond motifs is 1. The SMILES string of the molecule is Fc1ccc(-c2cncc(CN3CCc4nc(C5=NCCCC5)ncc4C3)c2)cc1. The summed E-state index contributed by atoms with van der Waals surface area (Å²) in [5.41, 5.74) is 6.55. The number of pyridine rings is 1. The molecule has 0 N–H and O–H groups in total. The lowest BCUT2D eigenvalue weighted by molar-refractivity contribution is 0.242. The number of aromatic nitrogens is 3. The number of nitrogens with zero attached hydrogens (tertiary/aromatic N) is 5. The van der Waals surface area contributed by atoms with Crippen LogP contribution in [0, 0.1) is 5.82 Å². The lowest BCUT2D eigenvalue weighted by atomic mass is 10.0. The van der Waals surface area contributed by atoms with Crippen molar-refractivity contribution in [1.82, 2.24) is 19.9 Å². The van der Waals surface area contributed by atoms with Crippen LogP contribution in [0.25, 0.3) is 11.1 Å². The van der Waals surface area contributed by atoms with Crippen molar-refractivity contribution < 1.29 is 4.39 Å². The van der Waals surface area contributed by atoms with E-state index in [1.54, 1.807) is 12.1 Å². The van der Waals surface area contributed by atoms with Crippen molar-refractivity contribution in [3.8, 4) is 11.1 Å². The molecule has 0 radical (unpaired) electrons. The minimum atomic E-state index is -0.226. The Balaban J connectivity index is 1.29. The Morgan fingerprint density at radius 3 is 2.70 bits per heavy atom. The molecule has 0 bridgehead atoms. The van der Waals surface area contributed by atoms with Crippen molar-refractivity contribution in [1.29, 1.82) is 0 Å². The fourth-order valence-electron chi connectivity index (χ4n) is 4.16. The summed E-state index contributed by atoms with van der Waals surface area (Å²) in [5, 5.41) is 0. The lowest BCUT2D eigenvalue weighted by Gasteiger charge is -2.28. The van der Waals surface area contributed by atoms with Crippen LogP contribution in [0.15, 0.2) is 53.9 Å². The van der Waals surface area contributed by atoms with Crippen molar-refractivity contribution in [2.75, 3.05) is 13.1 Å². The van der Waals surface area contributed by atoms with Gasteiger partial charge in [-0.2, -0.15) is 0 Å². The normalized spacial score (nSPS) is 16.8. The molecule has 0 saturated heterocycles. The number of aliphatic imine (C=N–C) groups is 1. The van der Waals surface area contributed by atoms with Crippen LogP contribution in [0.3, 0.4) is 0 Å². The summed E-state index contributed by atoms with van der Waals surface area (Å²) in [5.74, 6) is 0.592. The zero-order valence-electron chi connectivity index (χ0n) is 16.9. The maximum atomic E-state index is 13.2. The highest BCUT2D eigenvalue weighted by molar-refractivity contribution is 5.97. The Morgan fingerprint density at radius 1 is 0.967 bits per heavy atom. The van der Waals surface area contributed by atoms with Gasteiger partial charge in [-0.25, -0.2) is 14.4 Å². The summed E-state index contributed by atoms with van der Waals surface area (Å²) in [6.45, 7) is 3.50. The van der Waals surface area contributed by atoms with E-state index in [1.165, 1.54) is 30.5 Å². The predicted octanol–water partition coefficient (Wildman–Crippen LogP) is 4.21. The van der Waals surface area contributed by atoms with Gasteiger partial charge in [0.1, 0.15) is 5.82 Å². The standard InChI is InChI=1S/C24H24FN5/c25-21-6-4-18(5-7-21)19-11-17(12-26-13-19)15-30-10-8-22-20(16-30)14-28-24(29-22)23-3-1-2-9-27-23/h4-7,11-14H,1-3,8-10,15-16H2. The quantitative estimate of drug-likeness (QED) is 0.657. The third kappa shape index (κ3) is 4.14. The average Bonchev–Trinajstić information content (AvgIpc) is 2.80. The van der Waals surface area contributed by atoms with Crippen molar-refractivity contribution in [3.05, 3.63) is 77.4 Å². The zero-order valence-corrected chi connectivity index (χ0v) is 16.9.